The monoisotopic (exact) mass is 224 g/mol. The van der Waals surface area contributed by atoms with Gasteiger partial charge in [0.15, 0.2) is 0 Å². The SMILES string of the molecule is NC(=S)ON1CCCN1.NC(O)=S. The molecule has 0 aromatic rings. The van der Waals surface area contributed by atoms with Crippen LogP contribution < -0.4 is 16.9 Å². The van der Waals surface area contributed by atoms with Gasteiger partial charge in [0.25, 0.3) is 10.3 Å². The molecule has 0 unspecified atom stereocenters. The van der Waals surface area contributed by atoms with Gasteiger partial charge in [-0.2, -0.15) is 0 Å². The fourth-order valence-electron chi connectivity index (χ4n) is 0.692. The second-order valence-corrected chi connectivity index (χ2v) is 2.93. The first-order valence-electron chi connectivity index (χ1n) is 3.49. The highest BCUT2D eigenvalue weighted by Gasteiger charge is 2.11. The molecule has 76 valence electrons. The number of aliphatic hydroxyl groups excluding tert-OH is 1. The molecule has 0 aromatic heterocycles. The van der Waals surface area contributed by atoms with Gasteiger partial charge in [0.1, 0.15) is 0 Å². The molecule has 13 heavy (non-hydrogen) atoms. The molecular weight excluding hydrogens is 212 g/mol. The van der Waals surface area contributed by atoms with E-state index in [0.29, 0.717) is 0 Å². The maximum absolute atomic E-state index is 7.56. The Morgan fingerprint density at radius 2 is 2.00 bits per heavy atom. The highest BCUT2D eigenvalue weighted by Crippen LogP contribution is 1.95. The van der Waals surface area contributed by atoms with Crippen molar-refractivity contribution in [3.8, 4) is 0 Å². The molecule has 1 rings (SSSR count). The van der Waals surface area contributed by atoms with Gasteiger partial charge in [-0.05, 0) is 30.9 Å². The second-order valence-electron chi connectivity index (χ2n) is 2.11. The summed E-state index contributed by atoms with van der Waals surface area (Å²) in [6.45, 7) is 1.78. The Balaban J connectivity index is 0.000000310. The topological polar surface area (TPSA) is 96.8 Å². The number of hydroxylamine groups is 1. The standard InChI is InChI=1S/C4H9N3OS.CH3NOS/c5-4(9)8-7-3-1-2-6-7;2-1(3)4/h6H,1-3H2,(H2,5,9);(H3,2,3,4). The smallest absolute Gasteiger partial charge is 0.277 e. The summed E-state index contributed by atoms with van der Waals surface area (Å²) < 4.78 is 0. The van der Waals surface area contributed by atoms with Crippen LogP contribution in [0.5, 0.6) is 0 Å². The highest BCUT2D eigenvalue weighted by molar-refractivity contribution is 7.80. The lowest BCUT2D eigenvalue weighted by atomic mass is 10.5. The summed E-state index contributed by atoms with van der Waals surface area (Å²) in [7, 11) is 0. The quantitative estimate of drug-likeness (QED) is 0.428. The van der Waals surface area contributed by atoms with E-state index < -0.39 is 5.17 Å². The first-order chi connectivity index (χ1) is 6.02. The third-order valence-corrected chi connectivity index (χ3v) is 1.10. The van der Waals surface area contributed by atoms with Gasteiger partial charge in [0.2, 0.25) is 0 Å². The molecule has 1 heterocycles. The van der Waals surface area contributed by atoms with Crippen LogP contribution in [0.2, 0.25) is 0 Å². The maximum atomic E-state index is 7.56. The van der Waals surface area contributed by atoms with E-state index in [1.165, 1.54) is 0 Å². The van der Waals surface area contributed by atoms with E-state index in [1.807, 2.05) is 0 Å². The van der Waals surface area contributed by atoms with Crippen LogP contribution in [0.15, 0.2) is 0 Å². The van der Waals surface area contributed by atoms with Crippen molar-refractivity contribution >= 4 is 34.8 Å². The molecule has 1 aliphatic heterocycles. The molecule has 0 atom stereocenters. The molecule has 1 saturated heterocycles. The number of nitrogens with zero attached hydrogens (tertiary/aromatic N) is 1. The fraction of sp³-hybridized carbons (Fsp3) is 0.600. The first kappa shape index (κ1) is 12.3. The van der Waals surface area contributed by atoms with E-state index in [0.717, 1.165) is 19.5 Å². The molecule has 0 bridgehead atoms. The molecule has 1 aliphatic rings. The molecule has 0 aliphatic carbocycles. The van der Waals surface area contributed by atoms with Crippen molar-refractivity contribution < 1.29 is 9.94 Å². The van der Waals surface area contributed by atoms with Crippen molar-refractivity contribution in [2.24, 2.45) is 11.5 Å². The molecule has 0 saturated carbocycles. The predicted octanol–water partition coefficient (Wildman–Crippen LogP) is -0.840. The minimum absolute atomic E-state index is 0.0596. The van der Waals surface area contributed by atoms with Crippen molar-refractivity contribution in [1.29, 1.82) is 0 Å². The van der Waals surface area contributed by atoms with Gasteiger partial charge >= 0.3 is 0 Å². The average molecular weight is 224 g/mol. The number of hydrogen-bond acceptors (Lipinski definition) is 5. The number of rotatable bonds is 1. The van der Waals surface area contributed by atoms with Crippen LogP contribution in [0.4, 0.5) is 0 Å². The van der Waals surface area contributed by atoms with E-state index in [1.54, 1.807) is 5.17 Å². The number of hydrazine groups is 1. The van der Waals surface area contributed by atoms with Gasteiger partial charge in [0.05, 0.1) is 6.54 Å². The third-order valence-electron chi connectivity index (χ3n) is 1.03. The van der Waals surface area contributed by atoms with Crippen molar-refractivity contribution in [2.45, 2.75) is 6.42 Å². The third kappa shape index (κ3) is 9.21. The Hall–Kier alpha value is -0.700. The van der Waals surface area contributed by atoms with E-state index >= 15 is 0 Å². The van der Waals surface area contributed by atoms with Crippen LogP contribution in [0.1, 0.15) is 6.42 Å². The largest absolute Gasteiger partial charge is 0.487 e. The predicted molar refractivity (Wildman–Crippen MR) is 56.6 cm³/mol. The molecule has 0 amide bonds. The van der Waals surface area contributed by atoms with Crippen LogP contribution in [0, 0.1) is 0 Å². The summed E-state index contributed by atoms with van der Waals surface area (Å²) in [6, 6.07) is 0. The summed E-state index contributed by atoms with van der Waals surface area (Å²) in [5.41, 5.74) is 12.4. The lowest BCUT2D eigenvalue weighted by molar-refractivity contribution is -0.0911. The molecule has 6 nitrogen and oxygen atoms in total. The lowest BCUT2D eigenvalue weighted by Crippen LogP contribution is -2.35. The number of aliphatic hydroxyl groups is 1. The van der Waals surface area contributed by atoms with Gasteiger partial charge in [-0.1, -0.05) is 5.17 Å². The normalized spacial score (nSPS) is 15.7. The Morgan fingerprint density at radius 1 is 1.46 bits per heavy atom. The Kier molecular flexibility index (Phi) is 6.41. The van der Waals surface area contributed by atoms with Crippen LogP contribution in [0.25, 0.3) is 0 Å². The van der Waals surface area contributed by atoms with Gasteiger partial charge in [-0.25, -0.2) is 5.43 Å². The van der Waals surface area contributed by atoms with E-state index in [-0.39, 0.29) is 5.17 Å². The van der Waals surface area contributed by atoms with Gasteiger partial charge < -0.3 is 21.4 Å². The minimum Gasteiger partial charge on any atom is -0.487 e. The number of nitrogens with two attached hydrogens (primary N) is 2. The fourth-order valence-corrected chi connectivity index (χ4v) is 0.782. The van der Waals surface area contributed by atoms with E-state index in [4.69, 9.17) is 15.7 Å². The van der Waals surface area contributed by atoms with Crippen molar-refractivity contribution in [3.63, 3.8) is 0 Å². The number of nitrogens with one attached hydrogen (secondary N) is 1. The molecule has 1 fully saturated rings. The Labute approximate surface area is 86.7 Å². The molecule has 0 radical (unpaired) electrons. The summed E-state index contributed by atoms with van der Waals surface area (Å²) in [5, 5.41) is 8.67. The zero-order chi connectivity index (χ0) is 10.3. The summed E-state index contributed by atoms with van der Waals surface area (Å²) in [6.07, 6.45) is 1.07. The van der Waals surface area contributed by atoms with Crippen LogP contribution in [0.3, 0.4) is 0 Å². The number of thiocarbonyl (C=S) groups is 2. The summed E-state index contributed by atoms with van der Waals surface area (Å²) in [5.74, 6) is 0. The van der Waals surface area contributed by atoms with Crippen LogP contribution in [-0.2, 0) is 4.84 Å². The van der Waals surface area contributed by atoms with Gasteiger partial charge in [-0.15, -0.1) is 0 Å². The van der Waals surface area contributed by atoms with Crippen LogP contribution in [-0.4, -0.2) is 33.7 Å². The summed E-state index contributed by atoms with van der Waals surface area (Å²) >= 11 is 8.38. The first-order valence-corrected chi connectivity index (χ1v) is 4.31. The van der Waals surface area contributed by atoms with Crippen LogP contribution >= 0.6 is 24.4 Å². The zero-order valence-electron chi connectivity index (χ0n) is 6.90. The van der Waals surface area contributed by atoms with Crippen molar-refractivity contribution in [3.05, 3.63) is 0 Å². The maximum Gasteiger partial charge on any atom is 0.277 e. The lowest BCUT2D eigenvalue weighted by Gasteiger charge is -2.12. The van der Waals surface area contributed by atoms with Crippen molar-refractivity contribution in [2.75, 3.05) is 13.1 Å². The molecule has 6 N–H and O–H groups in total. The summed E-state index contributed by atoms with van der Waals surface area (Å²) in [4.78, 5) is 4.84. The van der Waals surface area contributed by atoms with Gasteiger partial charge in [0, 0.05) is 6.54 Å². The van der Waals surface area contributed by atoms with Crippen molar-refractivity contribution in [1.82, 2.24) is 10.6 Å². The Bertz CT molecular complexity index is 179. The average Bonchev–Trinajstić information content (AvgIpc) is 2.36. The van der Waals surface area contributed by atoms with Gasteiger partial charge in [-0.3, -0.25) is 0 Å². The molecular formula is C5H12N4O2S2. The van der Waals surface area contributed by atoms with E-state index in [2.05, 4.69) is 35.6 Å². The Morgan fingerprint density at radius 3 is 2.31 bits per heavy atom. The molecule has 0 spiro atoms. The molecule has 8 heteroatoms. The highest BCUT2D eigenvalue weighted by atomic mass is 32.1. The molecule has 0 aromatic carbocycles. The zero-order valence-corrected chi connectivity index (χ0v) is 8.53. The number of hydrogen-bond donors (Lipinski definition) is 4. The second kappa shape index (κ2) is 6.78. The minimum atomic E-state index is -0.500. The van der Waals surface area contributed by atoms with E-state index in [9.17, 15) is 0 Å².